The first kappa shape index (κ1) is 20.2. The fourth-order valence-electron chi connectivity index (χ4n) is 3.40. The van der Waals surface area contributed by atoms with Gasteiger partial charge in [0.1, 0.15) is 13.9 Å². The highest BCUT2D eigenvalue weighted by atomic mass is 32.2. The summed E-state index contributed by atoms with van der Waals surface area (Å²) in [6.07, 6.45) is 0.554. The zero-order valence-electron chi connectivity index (χ0n) is 16.2. The SMILES string of the molecule is Cc1ccc(S(=O)(=O)N2CCC(NC(=O)c3sc4nnc(C)c(C)c4c3N)C2)s1. The molecule has 1 atom stereocenters. The molecule has 0 aliphatic carbocycles. The fourth-order valence-corrected chi connectivity index (χ4v) is 7.34. The van der Waals surface area contributed by atoms with Crippen molar-refractivity contribution >= 4 is 54.5 Å². The van der Waals surface area contributed by atoms with E-state index in [1.54, 1.807) is 12.1 Å². The van der Waals surface area contributed by atoms with Crippen molar-refractivity contribution in [2.24, 2.45) is 0 Å². The predicted octanol–water partition coefficient (Wildman–Crippen LogP) is 2.45. The Morgan fingerprint density at radius 1 is 1.24 bits per heavy atom. The molecule has 0 radical (unpaired) electrons. The van der Waals surface area contributed by atoms with Gasteiger partial charge in [0.2, 0.25) is 0 Å². The molecular formula is C18H21N5O3S3. The lowest BCUT2D eigenvalue weighted by Gasteiger charge is -2.16. The lowest BCUT2D eigenvalue weighted by Crippen LogP contribution is -2.38. The minimum atomic E-state index is -3.53. The zero-order chi connectivity index (χ0) is 20.9. The lowest BCUT2D eigenvalue weighted by molar-refractivity contribution is 0.0944. The molecule has 29 heavy (non-hydrogen) atoms. The number of hydrogen-bond acceptors (Lipinski definition) is 8. The van der Waals surface area contributed by atoms with Crippen molar-refractivity contribution < 1.29 is 13.2 Å². The van der Waals surface area contributed by atoms with Crippen molar-refractivity contribution in [1.29, 1.82) is 0 Å². The van der Waals surface area contributed by atoms with Gasteiger partial charge in [-0.05, 0) is 44.9 Å². The number of thiophene rings is 2. The maximum atomic E-state index is 12.8. The highest BCUT2D eigenvalue weighted by Gasteiger charge is 2.34. The average Bonchev–Trinajstić information content (AvgIpc) is 3.38. The summed E-state index contributed by atoms with van der Waals surface area (Å²) in [4.78, 5) is 14.8. The van der Waals surface area contributed by atoms with Crippen LogP contribution in [0.4, 0.5) is 5.69 Å². The van der Waals surface area contributed by atoms with Crippen molar-refractivity contribution in [3.05, 3.63) is 33.1 Å². The summed E-state index contributed by atoms with van der Waals surface area (Å²) in [5.41, 5.74) is 8.32. The molecule has 4 rings (SSSR count). The van der Waals surface area contributed by atoms with Gasteiger partial charge in [-0.25, -0.2) is 8.42 Å². The van der Waals surface area contributed by atoms with Crippen LogP contribution in [0.2, 0.25) is 0 Å². The van der Waals surface area contributed by atoms with E-state index in [2.05, 4.69) is 15.5 Å². The molecule has 1 saturated heterocycles. The molecule has 0 saturated carbocycles. The van der Waals surface area contributed by atoms with Gasteiger partial charge in [-0.15, -0.1) is 27.8 Å². The first-order valence-electron chi connectivity index (χ1n) is 9.07. The molecule has 1 aliphatic heterocycles. The summed E-state index contributed by atoms with van der Waals surface area (Å²) < 4.78 is 27.3. The molecule has 1 fully saturated rings. The smallest absolute Gasteiger partial charge is 0.263 e. The van der Waals surface area contributed by atoms with Crippen LogP contribution in [-0.2, 0) is 10.0 Å². The third-order valence-electron chi connectivity index (χ3n) is 5.14. The monoisotopic (exact) mass is 451 g/mol. The number of hydrogen-bond donors (Lipinski definition) is 2. The Kier molecular flexibility index (Phi) is 5.09. The molecule has 0 aromatic carbocycles. The minimum absolute atomic E-state index is 0.244. The molecule has 3 aromatic rings. The standard InChI is InChI=1S/C18H21N5O3S3/c1-9-4-5-13(27-9)29(25,26)23-7-6-12(8-23)20-17(24)16-15(19)14-10(2)11(3)21-22-18(14)28-16/h4-5,12H,6-8,19H2,1-3H3,(H,20,24). The molecule has 11 heteroatoms. The first-order valence-corrected chi connectivity index (χ1v) is 12.1. The van der Waals surface area contributed by atoms with E-state index >= 15 is 0 Å². The first-order chi connectivity index (χ1) is 13.7. The van der Waals surface area contributed by atoms with E-state index in [1.807, 2.05) is 20.8 Å². The number of nitrogen functional groups attached to an aromatic ring is 1. The fraction of sp³-hybridized carbons (Fsp3) is 0.389. The van der Waals surface area contributed by atoms with Crippen molar-refractivity contribution in [2.45, 2.75) is 37.4 Å². The summed E-state index contributed by atoms with van der Waals surface area (Å²) in [7, 11) is -3.53. The summed E-state index contributed by atoms with van der Waals surface area (Å²) in [6.45, 7) is 6.24. The van der Waals surface area contributed by atoms with Gasteiger partial charge in [-0.1, -0.05) is 0 Å². The number of fused-ring (bicyclic) bond motifs is 1. The van der Waals surface area contributed by atoms with E-state index in [0.29, 0.717) is 32.6 Å². The van der Waals surface area contributed by atoms with E-state index in [0.717, 1.165) is 21.5 Å². The highest BCUT2D eigenvalue weighted by Crippen LogP contribution is 2.35. The number of anilines is 1. The highest BCUT2D eigenvalue weighted by molar-refractivity contribution is 7.91. The number of aromatic nitrogens is 2. The minimum Gasteiger partial charge on any atom is -0.397 e. The lowest BCUT2D eigenvalue weighted by atomic mass is 10.1. The van der Waals surface area contributed by atoms with E-state index in [4.69, 9.17) is 5.73 Å². The Balaban J connectivity index is 1.51. The second kappa shape index (κ2) is 7.31. The molecule has 3 N–H and O–H groups in total. The van der Waals surface area contributed by atoms with Crippen LogP contribution in [0.3, 0.4) is 0 Å². The summed E-state index contributed by atoms with van der Waals surface area (Å²) >= 11 is 2.46. The Bertz CT molecular complexity index is 1220. The number of sulfonamides is 1. The van der Waals surface area contributed by atoms with Gasteiger partial charge >= 0.3 is 0 Å². The zero-order valence-corrected chi connectivity index (χ0v) is 18.7. The molecule has 0 bridgehead atoms. The Hall–Kier alpha value is -2.08. The Morgan fingerprint density at radius 2 is 2.00 bits per heavy atom. The van der Waals surface area contributed by atoms with Crippen LogP contribution in [0, 0.1) is 20.8 Å². The van der Waals surface area contributed by atoms with Crippen molar-refractivity contribution in [3.63, 3.8) is 0 Å². The van der Waals surface area contributed by atoms with Crippen LogP contribution in [0.5, 0.6) is 0 Å². The number of carbonyl (C=O) groups is 1. The van der Waals surface area contributed by atoms with Gasteiger partial charge in [-0.3, -0.25) is 4.79 Å². The van der Waals surface area contributed by atoms with E-state index in [9.17, 15) is 13.2 Å². The molecule has 1 unspecified atom stereocenters. The van der Waals surface area contributed by atoms with Crippen LogP contribution in [-0.4, -0.2) is 48.0 Å². The normalized spacial score (nSPS) is 17.8. The van der Waals surface area contributed by atoms with Crippen LogP contribution in [0.25, 0.3) is 10.2 Å². The van der Waals surface area contributed by atoms with Gasteiger partial charge in [0, 0.05) is 29.4 Å². The topological polar surface area (TPSA) is 118 Å². The third kappa shape index (κ3) is 3.52. The van der Waals surface area contributed by atoms with Gasteiger partial charge in [0.25, 0.3) is 15.9 Å². The number of rotatable bonds is 4. The summed E-state index contributed by atoms with van der Waals surface area (Å²) in [5, 5.41) is 11.9. The number of carbonyl (C=O) groups excluding carboxylic acids is 1. The second-order valence-electron chi connectivity index (χ2n) is 7.12. The molecule has 3 aromatic heterocycles. The van der Waals surface area contributed by atoms with E-state index in [1.165, 1.54) is 27.0 Å². The molecule has 154 valence electrons. The molecule has 0 spiro atoms. The predicted molar refractivity (Wildman–Crippen MR) is 115 cm³/mol. The quantitative estimate of drug-likeness (QED) is 0.629. The Labute approximate surface area is 176 Å². The van der Waals surface area contributed by atoms with Crippen LogP contribution < -0.4 is 11.1 Å². The van der Waals surface area contributed by atoms with E-state index < -0.39 is 10.0 Å². The van der Waals surface area contributed by atoms with Crippen LogP contribution >= 0.6 is 22.7 Å². The van der Waals surface area contributed by atoms with Crippen LogP contribution in [0.1, 0.15) is 32.2 Å². The third-order valence-corrected chi connectivity index (χ3v) is 9.56. The van der Waals surface area contributed by atoms with Crippen molar-refractivity contribution in [3.8, 4) is 0 Å². The van der Waals surface area contributed by atoms with E-state index in [-0.39, 0.29) is 18.5 Å². The summed E-state index contributed by atoms with van der Waals surface area (Å²) in [5.74, 6) is -0.307. The summed E-state index contributed by atoms with van der Waals surface area (Å²) in [6, 6.07) is 3.16. The Morgan fingerprint density at radius 3 is 2.69 bits per heavy atom. The average molecular weight is 452 g/mol. The van der Waals surface area contributed by atoms with Crippen LogP contribution in [0.15, 0.2) is 16.3 Å². The van der Waals surface area contributed by atoms with Gasteiger partial charge in [0.05, 0.1) is 11.4 Å². The molecule has 4 heterocycles. The molecular weight excluding hydrogens is 430 g/mol. The molecule has 8 nitrogen and oxygen atoms in total. The van der Waals surface area contributed by atoms with Crippen molar-refractivity contribution in [2.75, 3.05) is 18.8 Å². The molecule has 1 amide bonds. The second-order valence-corrected chi connectivity index (χ2v) is 11.6. The van der Waals surface area contributed by atoms with Gasteiger partial charge in [0.15, 0.2) is 0 Å². The maximum absolute atomic E-state index is 12.8. The number of nitrogens with zero attached hydrogens (tertiary/aromatic N) is 3. The maximum Gasteiger partial charge on any atom is 0.263 e. The number of aryl methyl sites for hydroxylation is 3. The van der Waals surface area contributed by atoms with Gasteiger partial charge < -0.3 is 11.1 Å². The number of nitrogens with two attached hydrogens (primary N) is 1. The largest absolute Gasteiger partial charge is 0.397 e. The number of nitrogens with one attached hydrogen (secondary N) is 1. The van der Waals surface area contributed by atoms with Gasteiger partial charge in [-0.2, -0.15) is 9.40 Å². The van der Waals surface area contributed by atoms with Crippen molar-refractivity contribution in [1.82, 2.24) is 19.8 Å². The number of amides is 1. The molecule has 1 aliphatic rings.